The lowest BCUT2D eigenvalue weighted by molar-refractivity contribution is -0.124. The number of carbonyl (C=O) groups excluding carboxylic acids is 2. The van der Waals surface area contributed by atoms with Crippen LogP contribution in [0.1, 0.15) is 27.4 Å². The molecule has 12 heteroatoms. The number of hydrogen-bond donors (Lipinski definition) is 2. The van der Waals surface area contributed by atoms with E-state index in [0.29, 0.717) is 11.1 Å². The van der Waals surface area contributed by atoms with E-state index in [0.717, 1.165) is 0 Å². The lowest BCUT2D eigenvalue weighted by Gasteiger charge is -2.11. The van der Waals surface area contributed by atoms with E-state index >= 15 is 0 Å². The summed E-state index contributed by atoms with van der Waals surface area (Å²) in [4.78, 5) is 25.1. The van der Waals surface area contributed by atoms with Gasteiger partial charge >= 0.3 is 6.18 Å². The van der Waals surface area contributed by atoms with E-state index in [1.165, 1.54) is 24.3 Å². The molecule has 0 aromatic heterocycles. The molecule has 1 fully saturated rings. The SMILES string of the molecule is Cc1cc(C2C(C(=O)Nc3ccc(Cl)c(C(=O)CNCC(F)(F)F)c3)C2(Cl)Cl)cc(Br)c1F. The highest BCUT2D eigenvalue weighted by molar-refractivity contribution is 9.10. The van der Waals surface area contributed by atoms with Crippen LogP contribution < -0.4 is 10.6 Å². The number of anilines is 1. The summed E-state index contributed by atoms with van der Waals surface area (Å²) in [6, 6.07) is 7.10. The van der Waals surface area contributed by atoms with Crippen LogP contribution in [0.4, 0.5) is 23.2 Å². The van der Waals surface area contributed by atoms with E-state index in [1.807, 2.05) is 5.32 Å². The zero-order valence-electron chi connectivity index (χ0n) is 16.8. The van der Waals surface area contributed by atoms with Gasteiger partial charge in [0.05, 0.1) is 28.5 Å². The van der Waals surface area contributed by atoms with Crippen molar-refractivity contribution >= 4 is 68.1 Å². The molecule has 0 spiro atoms. The maximum atomic E-state index is 13.9. The smallest absolute Gasteiger partial charge is 0.326 e. The number of benzene rings is 2. The van der Waals surface area contributed by atoms with Gasteiger partial charge in [-0.25, -0.2) is 4.39 Å². The predicted octanol–water partition coefficient (Wildman–Crippen LogP) is 6.41. The van der Waals surface area contributed by atoms with Crippen LogP contribution >= 0.6 is 50.7 Å². The normalized spacial score (nSPS) is 19.3. The molecule has 2 N–H and O–H groups in total. The summed E-state index contributed by atoms with van der Waals surface area (Å²) < 4.78 is 49.5. The van der Waals surface area contributed by atoms with Gasteiger partial charge in [-0.3, -0.25) is 9.59 Å². The third kappa shape index (κ3) is 6.00. The Labute approximate surface area is 210 Å². The number of aryl methyl sites for hydroxylation is 1. The Morgan fingerprint density at radius 1 is 1.18 bits per heavy atom. The van der Waals surface area contributed by atoms with Crippen molar-refractivity contribution in [3.8, 4) is 0 Å². The third-order valence-electron chi connectivity index (χ3n) is 5.07. The van der Waals surface area contributed by atoms with Gasteiger partial charge in [0.2, 0.25) is 5.91 Å². The van der Waals surface area contributed by atoms with Gasteiger partial charge in [-0.1, -0.05) is 17.7 Å². The average molecular weight is 591 g/mol. The summed E-state index contributed by atoms with van der Waals surface area (Å²) in [5, 5.41) is 4.62. The number of ketones is 1. The maximum absolute atomic E-state index is 13.9. The molecular weight excluding hydrogens is 574 g/mol. The Morgan fingerprint density at radius 2 is 1.85 bits per heavy atom. The second-order valence-corrected chi connectivity index (χ2v) is 10.3. The van der Waals surface area contributed by atoms with Crippen LogP contribution in [-0.4, -0.2) is 35.3 Å². The second-order valence-electron chi connectivity index (χ2n) is 7.59. The van der Waals surface area contributed by atoms with Gasteiger partial charge < -0.3 is 10.6 Å². The highest BCUT2D eigenvalue weighted by atomic mass is 79.9. The molecule has 1 aliphatic rings. The molecule has 0 radical (unpaired) electrons. The minimum absolute atomic E-state index is 0.0202. The highest BCUT2D eigenvalue weighted by Crippen LogP contribution is 2.65. The van der Waals surface area contributed by atoms with Crippen LogP contribution in [0.15, 0.2) is 34.8 Å². The quantitative estimate of drug-likeness (QED) is 0.223. The lowest BCUT2D eigenvalue weighted by atomic mass is 10.1. The van der Waals surface area contributed by atoms with Gasteiger partial charge in [0.25, 0.3) is 0 Å². The Hall–Kier alpha value is -1.39. The molecule has 1 saturated carbocycles. The Morgan fingerprint density at radius 3 is 2.45 bits per heavy atom. The lowest BCUT2D eigenvalue weighted by Crippen LogP contribution is -2.32. The molecule has 2 aromatic carbocycles. The van der Waals surface area contributed by atoms with Crippen LogP contribution in [-0.2, 0) is 4.79 Å². The van der Waals surface area contributed by atoms with Crippen LogP contribution in [0, 0.1) is 18.7 Å². The number of Topliss-reactive ketones (excluding diaryl/α,β-unsaturated/α-hetero) is 1. The minimum atomic E-state index is -4.46. The molecule has 0 heterocycles. The van der Waals surface area contributed by atoms with Gasteiger partial charge in [0, 0.05) is 17.2 Å². The molecule has 2 atom stereocenters. The van der Waals surface area contributed by atoms with Crippen LogP contribution in [0.25, 0.3) is 0 Å². The summed E-state index contributed by atoms with van der Waals surface area (Å²) in [7, 11) is 0. The van der Waals surface area contributed by atoms with Gasteiger partial charge in [0.15, 0.2) is 5.78 Å². The van der Waals surface area contributed by atoms with Crippen molar-refractivity contribution in [2.75, 3.05) is 18.4 Å². The molecule has 1 aliphatic carbocycles. The van der Waals surface area contributed by atoms with Crippen molar-refractivity contribution in [1.82, 2.24) is 5.32 Å². The average Bonchev–Trinajstić information content (AvgIpc) is 3.28. The van der Waals surface area contributed by atoms with Gasteiger partial charge in [0.1, 0.15) is 10.2 Å². The zero-order chi connectivity index (χ0) is 24.7. The first-order chi connectivity index (χ1) is 15.2. The summed E-state index contributed by atoms with van der Waals surface area (Å²) in [6.45, 7) is -0.351. The van der Waals surface area contributed by atoms with Crippen LogP contribution in [0.5, 0.6) is 0 Å². The third-order valence-corrected chi connectivity index (χ3v) is 6.92. The number of amides is 1. The summed E-state index contributed by atoms with van der Waals surface area (Å²) in [5.41, 5.74) is 1.07. The van der Waals surface area contributed by atoms with Crippen molar-refractivity contribution in [3.63, 3.8) is 0 Å². The molecule has 33 heavy (non-hydrogen) atoms. The molecule has 3 rings (SSSR count). The number of halogens is 8. The van der Waals surface area contributed by atoms with E-state index in [1.54, 1.807) is 13.0 Å². The first-order valence-corrected chi connectivity index (χ1v) is 11.4. The molecule has 1 amide bonds. The van der Waals surface area contributed by atoms with E-state index in [9.17, 15) is 27.2 Å². The van der Waals surface area contributed by atoms with Crippen LogP contribution in [0.2, 0.25) is 5.02 Å². The molecule has 4 nitrogen and oxygen atoms in total. The minimum Gasteiger partial charge on any atom is -0.326 e. The van der Waals surface area contributed by atoms with Gasteiger partial charge in [-0.2, -0.15) is 13.2 Å². The molecule has 0 bridgehead atoms. The largest absolute Gasteiger partial charge is 0.401 e. The highest BCUT2D eigenvalue weighted by Gasteiger charge is 2.67. The Bertz CT molecular complexity index is 1090. The number of alkyl halides is 5. The molecular formula is C21H16BrCl3F4N2O2. The van der Waals surface area contributed by atoms with Crippen LogP contribution in [0.3, 0.4) is 0 Å². The van der Waals surface area contributed by atoms with E-state index in [4.69, 9.17) is 34.8 Å². The first-order valence-electron chi connectivity index (χ1n) is 9.47. The Kier molecular flexibility index (Phi) is 7.70. The summed E-state index contributed by atoms with van der Waals surface area (Å²) in [5.74, 6) is -3.12. The standard InChI is InChI=1S/C21H16BrCl3F4N2O2/c1-9-4-10(5-13(22)18(9)26)16-17(21(16,24)25)19(33)31-11-2-3-14(23)12(6-11)15(32)7-30-8-20(27,28)29/h2-6,16-17,30H,7-8H2,1H3,(H,31,33). The van der Waals surface area contributed by atoms with Crippen molar-refractivity contribution in [2.45, 2.75) is 23.4 Å². The number of carbonyl (C=O) groups is 2. The fraction of sp³-hybridized carbons (Fsp3) is 0.333. The maximum Gasteiger partial charge on any atom is 0.401 e. The van der Waals surface area contributed by atoms with E-state index < -0.39 is 52.9 Å². The molecule has 178 valence electrons. The second kappa shape index (κ2) is 9.70. The molecule has 2 aromatic rings. The Balaban J connectivity index is 1.73. The van der Waals surface area contributed by atoms with E-state index in [-0.39, 0.29) is 20.7 Å². The summed E-state index contributed by atoms with van der Waals surface area (Å²) in [6.07, 6.45) is -4.46. The van der Waals surface area contributed by atoms with E-state index in [2.05, 4.69) is 21.2 Å². The number of rotatable bonds is 7. The fourth-order valence-electron chi connectivity index (χ4n) is 3.45. The number of hydrogen-bond acceptors (Lipinski definition) is 3. The molecule has 0 aliphatic heterocycles. The topological polar surface area (TPSA) is 58.2 Å². The molecule has 0 saturated heterocycles. The fourth-order valence-corrected chi connectivity index (χ4v) is 5.08. The monoisotopic (exact) mass is 588 g/mol. The zero-order valence-corrected chi connectivity index (χ0v) is 20.6. The first kappa shape index (κ1) is 26.2. The van der Waals surface area contributed by atoms with Crippen molar-refractivity contribution < 1.29 is 27.2 Å². The molecule has 2 unspecified atom stereocenters. The van der Waals surface area contributed by atoms with Crippen molar-refractivity contribution in [2.24, 2.45) is 5.92 Å². The van der Waals surface area contributed by atoms with Gasteiger partial charge in [-0.05, 0) is 58.2 Å². The van der Waals surface area contributed by atoms with Crippen molar-refractivity contribution in [1.29, 1.82) is 0 Å². The summed E-state index contributed by atoms with van der Waals surface area (Å²) >= 11 is 21.8. The number of nitrogens with one attached hydrogen (secondary N) is 2. The van der Waals surface area contributed by atoms with Crippen molar-refractivity contribution in [3.05, 3.63) is 62.3 Å². The van der Waals surface area contributed by atoms with Gasteiger partial charge in [-0.15, -0.1) is 23.2 Å². The predicted molar refractivity (Wildman–Crippen MR) is 123 cm³/mol.